The topological polar surface area (TPSA) is 89.4 Å². The van der Waals surface area contributed by atoms with E-state index >= 15 is 0 Å². The number of carbonyl (C=O) groups excluding carboxylic acids is 2. The summed E-state index contributed by atoms with van der Waals surface area (Å²) in [6, 6.07) is -0.399. The van der Waals surface area contributed by atoms with E-state index in [-0.39, 0.29) is 5.91 Å². The van der Waals surface area contributed by atoms with E-state index in [0.29, 0.717) is 32.4 Å². The lowest BCUT2D eigenvalue weighted by Gasteiger charge is -2.33. The van der Waals surface area contributed by atoms with Crippen molar-refractivity contribution in [2.24, 2.45) is 11.5 Å². The van der Waals surface area contributed by atoms with Crippen LogP contribution >= 0.6 is 0 Å². The van der Waals surface area contributed by atoms with Crippen molar-refractivity contribution in [2.45, 2.75) is 38.1 Å². The Morgan fingerprint density at radius 2 is 2.07 bits per heavy atom. The maximum absolute atomic E-state index is 11.7. The van der Waals surface area contributed by atoms with Crippen LogP contribution in [0.25, 0.3) is 0 Å². The molecule has 0 radical (unpaired) electrons. The molecule has 2 amide bonds. The lowest BCUT2D eigenvalue weighted by molar-refractivity contribution is -0.141. The number of primary amides is 1. The van der Waals surface area contributed by atoms with Gasteiger partial charge in [0.05, 0.1) is 0 Å². The Labute approximate surface area is 89.8 Å². The quantitative estimate of drug-likeness (QED) is 0.665. The molecular formula is C10H19N3O2. The Kier molecular flexibility index (Phi) is 4.55. The number of hydrogen-bond donors (Lipinski definition) is 2. The first-order valence-corrected chi connectivity index (χ1v) is 5.45. The first-order chi connectivity index (χ1) is 7.16. The molecule has 5 nitrogen and oxygen atoms in total. The first-order valence-electron chi connectivity index (χ1n) is 5.45. The van der Waals surface area contributed by atoms with E-state index in [1.807, 2.05) is 0 Å². The molecule has 0 saturated carbocycles. The first kappa shape index (κ1) is 12.0. The van der Waals surface area contributed by atoms with Crippen molar-refractivity contribution in [1.29, 1.82) is 0 Å². The lowest BCUT2D eigenvalue weighted by atomic mass is 10.0. The Bertz CT molecular complexity index is 243. The Hall–Kier alpha value is -1.10. The fourth-order valence-electron chi connectivity index (χ4n) is 1.92. The predicted octanol–water partition coefficient (Wildman–Crippen LogP) is -0.408. The molecule has 86 valence electrons. The lowest BCUT2D eigenvalue weighted by Crippen LogP contribution is -2.50. The van der Waals surface area contributed by atoms with Crippen LogP contribution in [0, 0.1) is 0 Å². The molecular weight excluding hydrogens is 194 g/mol. The minimum Gasteiger partial charge on any atom is -0.368 e. The van der Waals surface area contributed by atoms with Gasteiger partial charge in [-0.25, -0.2) is 0 Å². The van der Waals surface area contributed by atoms with Gasteiger partial charge in [0.25, 0.3) is 0 Å². The van der Waals surface area contributed by atoms with E-state index in [9.17, 15) is 9.59 Å². The number of hydrogen-bond acceptors (Lipinski definition) is 3. The summed E-state index contributed by atoms with van der Waals surface area (Å²) < 4.78 is 0. The van der Waals surface area contributed by atoms with Crippen molar-refractivity contribution in [1.82, 2.24) is 4.90 Å². The van der Waals surface area contributed by atoms with Crippen LogP contribution in [0.2, 0.25) is 0 Å². The van der Waals surface area contributed by atoms with Gasteiger partial charge in [0.15, 0.2) is 0 Å². The predicted molar refractivity (Wildman–Crippen MR) is 56.8 cm³/mol. The minimum absolute atomic E-state index is 0.00366. The smallest absolute Gasteiger partial charge is 0.240 e. The standard InChI is InChI=1S/C10H19N3O2/c11-6-3-5-9(14)13-7-2-1-4-8(13)10(12)15/h8H,1-7,11H2,(H2,12,15). The van der Waals surface area contributed by atoms with E-state index in [1.165, 1.54) is 0 Å². The summed E-state index contributed by atoms with van der Waals surface area (Å²) in [5.41, 5.74) is 10.6. The number of rotatable bonds is 4. The summed E-state index contributed by atoms with van der Waals surface area (Å²) in [5.74, 6) is -0.389. The highest BCUT2D eigenvalue weighted by Gasteiger charge is 2.29. The largest absolute Gasteiger partial charge is 0.368 e. The van der Waals surface area contributed by atoms with Crippen LogP contribution in [-0.2, 0) is 9.59 Å². The van der Waals surface area contributed by atoms with Crippen molar-refractivity contribution in [3.63, 3.8) is 0 Å². The average molecular weight is 213 g/mol. The maximum Gasteiger partial charge on any atom is 0.240 e. The van der Waals surface area contributed by atoms with Crippen LogP contribution in [-0.4, -0.2) is 35.8 Å². The van der Waals surface area contributed by atoms with Crippen LogP contribution in [0.5, 0.6) is 0 Å². The summed E-state index contributed by atoms with van der Waals surface area (Å²) in [4.78, 5) is 24.5. The highest BCUT2D eigenvalue weighted by molar-refractivity contribution is 5.86. The Morgan fingerprint density at radius 3 is 2.67 bits per heavy atom. The number of amides is 2. The van der Waals surface area contributed by atoms with Gasteiger partial charge in [-0.3, -0.25) is 9.59 Å². The van der Waals surface area contributed by atoms with Gasteiger partial charge in [0, 0.05) is 13.0 Å². The van der Waals surface area contributed by atoms with E-state index in [1.54, 1.807) is 4.90 Å². The van der Waals surface area contributed by atoms with Gasteiger partial charge in [0.1, 0.15) is 6.04 Å². The van der Waals surface area contributed by atoms with E-state index in [2.05, 4.69) is 0 Å². The molecule has 0 aromatic rings. The highest BCUT2D eigenvalue weighted by Crippen LogP contribution is 2.17. The van der Waals surface area contributed by atoms with Crippen LogP contribution in [0.4, 0.5) is 0 Å². The number of nitrogens with zero attached hydrogens (tertiary/aromatic N) is 1. The van der Waals surface area contributed by atoms with Crippen LogP contribution in [0.1, 0.15) is 32.1 Å². The highest BCUT2D eigenvalue weighted by atomic mass is 16.2. The van der Waals surface area contributed by atoms with Gasteiger partial charge < -0.3 is 16.4 Å². The summed E-state index contributed by atoms with van der Waals surface area (Å²) in [6.07, 6.45) is 3.71. The fraction of sp³-hybridized carbons (Fsp3) is 0.800. The van der Waals surface area contributed by atoms with E-state index in [4.69, 9.17) is 11.5 Å². The number of carbonyl (C=O) groups is 2. The molecule has 4 N–H and O–H groups in total. The fourth-order valence-corrected chi connectivity index (χ4v) is 1.92. The molecule has 1 fully saturated rings. The molecule has 0 aromatic carbocycles. The second-order valence-electron chi connectivity index (χ2n) is 3.89. The second-order valence-corrected chi connectivity index (χ2v) is 3.89. The third-order valence-electron chi connectivity index (χ3n) is 2.75. The van der Waals surface area contributed by atoms with Crippen molar-refractivity contribution in [2.75, 3.05) is 13.1 Å². The Balaban J connectivity index is 2.55. The maximum atomic E-state index is 11.7. The van der Waals surface area contributed by atoms with Crippen molar-refractivity contribution < 1.29 is 9.59 Å². The molecule has 1 heterocycles. The SMILES string of the molecule is NCCCC(=O)N1CCCCC1C(N)=O. The molecule has 0 spiro atoms. The minimum atomic E-state index is -0.399. The molecule has 1 aliphatic rings. The molecule has 1 aliphatic heterocycles. The van der Waals surface area contributed by atoms with E-state index in [0.717, 1.165) is 12.8 Å². The average Bonchev–Trinajstić information content (AvgIpc) is 2.25. The molecule has 15 heavy (non-hydrogen) atoms. The normalized spacial score (nSPS) is 21.4. The molecule has 1 unspecified atom stereocenters. The monoisotopic (exact) mass is 213 g/mol. The van der Waals surface area contributed by atoms with E-state index < -0.39 is 11.9 Å². The zero-order chi connectivity index (χ0) is 11.3. The van der Waals surface area contributed by atoms with Crippen molar-refractivity contribution in [3.8, 4) is 0 Å². The van der Waals surface area contributed by atoms with Gasteiger partial charge in [0.2, 0.25) is 11.8 Å². The zero-order valence-electron chi connectivity index (χ0n) is 8.95. The van der Waals surface area contributed by atoms with Gasteiger partial charge in [-0.2, -0.15) is 0 Å². The number of likely N-dealkylation sites (tertiary alicyclic amines) is 1. The summed E-state index contributed by atoms with van der Waals surface area (Å²) in [6.45, 7) is 1.15. The van der Waals surface area contributed by atoms with Crippen LogP contribution in [0.3, 0.4) is 0 Å². The molecule has 0 aromatic heterocycles. The summed E-state index contributed by atoms with van der Waals surface area (Å²) in [7, 11) is 0. The van der Waals surface area contributed by atoms with Crippen molar-refractivity contribution in [3.05, 3.63) is 0 Å². The molecule has 0 bridgehead atoms. The molecule has 5 heteroatoms. The van der Waals surface area contributed by atoms with Crippen LogP contribution in [0.15, 0.2) is 0 Å². The van der Waals surface area contributed by atoms with Gasteiger partial charge in [-0.05, 0) is 32.2 Å². The van der Waals surface area contributed by atoms with Gasteiger partial charge >= 0.3 is 0 Å². The molecule has 1 saturated heterocycles. The zero-order valence-corrected chi connectivity index (χ0v) is 8.95. The van der Waals surface area contributed by atoms with Crippen molar-refractivity contribution >= 4 is 11.8 Å². The Morgan fingerprint density at radius 1 is 1.33 bits per heavy atom. The molecule has 1 atom stereocenters. The molecule has 0 aliphatic carbocycles. The summed E-state index contributed by atoms with van der Waals surface area (Å²) >= 11 is 0. The number of piperidine rings is 1. The van der Waals surface area contributed by atoms with Gasteiger partial charge in [-0.1, -0.05) is 0 Å². The molecule has 1 rings (SSSR count). The summed E-state index contributed by atoms with van der Waals surface area (Å²) in [5, 5.41) is 0. The third-order valence-corrected chi connectivity index (χ3v) is 2.75. The second kappa shape index (κ2) is 5.70. The van der Waals surface area contributed by atoms with Crippen LogP contribution < -0.4 is 11.5 Å². The number of nitrogens with two attached hydrogens (primary N) is 2. The third kappa shape index (κ3) is 3.20. The van der Waals surface area contributed by atoms with Gasteiger partial charge in [-0.15, -0.1) is 0 Å².